The number of ether oxygens (including phenoxy) is 1. The molecule has 1 saturated heterocycles. The molecule has 1 aliphatic rings. The Hall–Kier alpha value is -2.08. The molecular weight excluding hydrogens is 306 g/mol. The van der Waals surface area contributed by atoms with Crippen molar-refractivity contribution in [2.24, 2.45) is 11.7 Å². The number of carbonyl (C=O) groups is 2. The summed E-state index contributed by atoms with van der Waals surface area (Å²) in [4.78, 5) is 27.7. The first kappa shape index (κ1) is 18.3. The topological polar surface area (TPSA) is 75.9 Å². The van der Waals surface area contributed by atoms with Gasteiger partial charge in [0.15, 0.2) is 0 Å². The van der Waals surface area contributed by atoms with Crippen molar-refractivity contribution >= 4 is 12.0 Å². The molecule has 1 fully saturated rings. The summed E-state index contributed by atoms with van der Waals surface area (Å²) in [5, 5.41) is 0. The van der Waals surface area contributed by atoms with Crippen LogP contribution in [-0.2, 0) is 16.1 Å². The van der Waals surface area contributed by atoms with Gasteiger partial charge >= 0.3 is 6.09 Å². The summed E-state index contributed by atoms with van der Waals surface area (Å²) in [5.74, 6) is 0.254. The maximum Gasteiger partial charge on any atom is 0.410 e. The van der Waals surface area contributed by atoms with Crippen LogP contribution in [0.3, 0.4) is 0 Å². The van der Waals surface area contributed by atoms with E-state index < -0.39 is 6.04 Å². The molecule has 0 saturated carbocycles. The molecule has 6 heteroatoms. The van der Waals surface area contributed by atoms with Gasteiger partial charge in [-0.15, -0.1) is 0 Å². The first-order valence-electron chi connectivity index (χ1n) is 8.51. The predicted octanol–water partition coefficient (Wildman–Crippen LogP) is 1.84. The second-order valence-electron chi connectivity index (χ2n) is 6.31. The number of likely N-dealkylation sites (tertiary alicyclic amines) is 1. The SMILES string of the molecule is CCN(CC1CCN(C(=O)[C@H](C)N)C1)C(=O)OCc1ccccc1. The number of rotatable bonds is 6. The Kier molecular flexibility index (Phi) is 6.61. The van der Waals surface area contributed by atoms with Gasteiger partial charge in [0.25, 0.3) is 0 Å². The highest BCUT2D eigenvalue weighted by atomic mass is 16.6. The third-order valence-electron chi connectivity index (χ3n) is 4.31. The molecule has 1 aliphatic heterocycles. The largest absolute Gasteiger partial charge is 0.445 e. The highest BCUT2D eigenvalue weighted by molar-refractivity contribution is 5.81. The van der Waals surface area contributed by atoms with E-state index in [4.69, 9.17) is 10.5 Å². The number of carbonyl (C=O) groups excluding carboxylic acids is 2. The monoisotopic (exact) mass is 333 g/mol. The number of nitrogens with two attached hydrogens (primary N) is 1. The lowest BCUT2D eigenvalue weighted by Crippen LogP contribution is -2.42. The number of hydrogen-bond donors (Lipinski definition) is 1. The van der Waals surface area contributed by atoms with Crippen molar-refractivity contribution in [1.29, 1.82) is 0 Å². The molecule has 2 amide bonds. The lowest BCUT2D eigenvalue weighted by atomic mass is 10.1. The zero-order valence-electron chi connectivity index (χ0n) is 14.5. The summed E-state index contributed by atoms with van der Waals surface area (Å²) in [6, 6.07) is 9.16. The summed E-state index contributed by atoms with van der Waals surface area (Å²) in [7, 11) is 0. The van der Waals surface area contributed by atoms with Gasteiger partial charge in [0.05, 0.1) is 6.04 Å². The zero-order valence-corrected chi connectivity index (χ0v) is 14.5. The molecule has 6 nitrogen and oxygen atoms in total. The maximum atomic E-state index is 12.3. The van der Waals surface area contributed by atoms with Crippen LogP contribution in [0.5, 0.6) is 0 Å². The molecule has 0 radical (unpaired) electrons. The van der Waals surface area contributed by atoms with Gasteiger partial charge in [-0.05, 0) is 31.7 Å². The third kappa shape index (κ3) is 4.96. The minimum atomic E-state index is -0.470. The van der Waals surface area contributed by atoms with Gasteiger partial charge in [0, 0.05) is 26.2 Å². The summed E-state index contributed by atoms with van der Waals surface area (Å²) in [6.07, 6.45) is 0.583. The van der Waals surface area contributed by atoms with Crippen LogP contribution in [0.2, 0.25) is 0 Å². The molecule has 1 aromatic carbocycles. The van der Waals surface area contributed by atoms with Crippen LogP contribution < -0.4 is 5.73 Å². The highest BCUT2D eigenvalue weighted by Gasteiger charge is 2.30. The van der Waals surface area contributed by atoms with Crippen LogP contribution in [0.15, 0.2) is 30.3 Å². The van der Waals surface area contributed by atoms with Crippen molar-refractivity contribution in [1.82, 2.24) is 9.80 Å². The molecular formula is C18H27N3O3. The second kappa shape index (κ2) is 8.68. The van der Waals surface area contributed by atoms with Crippen LogP contribution in [0.4, 0.5) is 4.79 Å². The summed E-state index contributed by atoms with van der Waals surface area (Å²) < 4.78 is 5.39. The lowest BCUT2D eigenvalue weighted by Gasteiger charge is -2.24. The lowest BCUT2D eigenvalue weighted by molar-refractivity contribution is -0.131. The van der Waals surface area contributed by atoms with Crippen molar-refractivity contribution in [2.75, 3.05) is 26.2 Å². The molecule has 2 N–H and O–H groups in total. The van der Waals surface area contributed by atoms with E-state index in [0.29, 0.717) is 26.2 Å². The van der Waals surface area contributed by atoms with E-state index in [0.717, 1.165) is 12.0 Å². The fourth-order valence-corrected chi connectivity index (χ4v) is 2.92. The summed E-state index contributed by atoms with van der Waals surface area (Å²) >= 11 is 0. The Bertz CT molecular complexity index is 548. The maximum absolute atomic E-state index is 12.3. The van der Waals surface area contributed by atoms with E-state index in [9.17, 15) is 9.59 Å². The number of amides is 2. The molecule has 132 valence electrons. The molecule has 2 rings (SSSR count). The van der Waals surface area contributed by atoms with Crippen LogP contribution in [-0.4, -0.2) is 54.0 Å². The number of hydrogen-bond acceptors (Lipinski definition) is 4. The van der Waals surface area contributed by atoms with Crippen LogP contribution in [0.25, 0.3) is 0 Å². The third-order valence-corrected chi connectivity index (χ3v) is 4.31. The van der Waals surface area contributed by atoms with Gasteiger partial charge in [-0.2, -0.15) is 0 Å². The molecule has 0 aliphatic carbocycles. The van der Waals surface area contributed by atoms with Gasteiger partial charge in [0.2, 0.25) is 5.91 Å². The Morgan fingerprint density at radius 3 is 2.71 bits per heavy atom. The predicted molar refractivity (Wildman–Crippen MR) is 92.2 cm³/mol. The van der Waals surface area contributed by atoms with Crippen molar-refractivity contribution in [3.8, 4) is 0 Å². The molecule has 0 bridgehead atoms. The Morgan fingerprint density at radius 2 is 2.08 bits per heavy atom. The van der Waals surface area contributed by atoms with Gasteiger partial charge in [-0.1, -0.05) is 30.3 Å². The molecule has 2 atom stereocenters. The van der Waals surface area contributed by atoms with Crippen molar-refractivity contribution in [2.45, 2.75) is 32.9 Å². The molecule has 1 heterocycles. The van der Waals surface area contributed by atoms with Gasteiger partial charge in [-0.3, -0.25) is 4.79 Å². The first-order valence-corrected chi connectivity index (χ1v) is 8.51. The van der Waals surface area contributed by atoms with Gasteiger partial charge in [0.1, 0.15) is 6.61 Å². The van der Waals surface area contributed by atoms with Crippen LogP contribution in [0, 0.1) is 5.92 Å². The summed E-state index contributed by atoms with van der Waals surface area (Å²) in [5.41, 5.74) is 6.62. The molecule has 0 spiro atoms. The normalized spacial score (nSPS) is 18.3. The van der Waals surface area contributed by atoms with Gasteiger partial charge < -0.3 is 20.3 Å². The minimum absolute atomic E-state index is 0.0211. The fourth-order valence-electron chi connectivity index (χ4n) is 2.92. The van der Waals surface area contributed by atoms with Crippen LogP contribution >= 0.6 is 0 Å². The highest BCUT2D eigenvalue weighted by Crippen LogP contribution is 2.18. The molecule has 0 aromatic heterocycles. The molecule has 24 heavy (non-hydrogen) atoms. The molecule has 1 unspecified atom stereocenters. The minimum Gasteiger partial charge on any atom is -0.445 e. The zero-order chi connectivity index (χ0) is 17.5. The van der Waals surface area contributed by atoms with E-state index >= 15 is 0 Å². The number of nitrogens with zero attached hydrogens (tertiary/aromatic N) is 2. The van der Waals surface area contributed by atoms with Crippen LogP contribution in [0.1, 0.15) is 25.8 Å². The Labute approximate surface area is 143 Å². The average molecular weight is 333 g/mol. The average Bonchev–Trinajstić information content (AvgIpc) is 3.06. The second-order valence-corrected chi connectivity index (χ2v) is 6.31. The van der Waals surface area contributed by atoms with E-state index in [1.807, 2.05) is 37.3 Å². The summed E-state index contributed by atoms with van der Waals surface area (Å²) in [6.45, 7) is 6.47. The van der Waals surface area contributed by atoms with E-state index in [-0.39, 0.29) is 24.5 Å². The van der Waals surface area contributed by atoms with Crippen molar-refractivity contribution < 1.29 is 14.3 Å². The standard InChI is InChI=1S/C18H27N3O3/c1-3-20(18(23)24-13-15-7-5-4-6-8-15)11-16-9-10-21(12-16)17(22)14(2)19/h4-8,14,16H,3,9-13,19H2,1-2H3/t14-,16?/m0/s1. The van der Waals surface area contributed by atoms with E-state index in [1.54, 1.807) is 16.7 Å². The van der Waals surface area contributed by atoms with Crippen molar-refractivity contribution in [3.05, 3.63) is 35.9 Å². The smallest absolute Gasteiger partial charge is 0.410 e. The fraction of sp³-hybridized carbons (Fsp3) is 0.556. The Balaban J connectivity index is 1.81. The van der Waals surface area contributed by atoms with E-state index in [2.05, 4.69) is 0 Å². The quantitative estimate of drug-likeness (QED) is 0.862. The molecule has 1 aromatic rings. The van der Waals surface area contributed by atoms with Crippen molar-refractivity contribution in [3.63, 3.8) is 0 Å². The Morgan fingerprint density at radius 1 is 1.38 bits per heavy atom. The van der Waals surface area contributed by atoms with E-state index in [1.165, 1.54) is 0 Å². The number of benzene rings is 1. The first-order chi connectivity index (χ1) is 11.5. The van der Waals surface area contributed by atoms with Gasteiger partial charge in [-0.25, -0.2) is 4.79 Å².